The third kappa shape index (κ3) is 2.68. The van der Waals surface area contributed by atoms with E-state index in [1.165, 1.54) is 16.2 Å². The maximum absolute atomic E-state index is 12.4. The van der Waals surface area contributed by atoms with Gasteiger partial charge in [-0.2, -0.15) is 5.10 Å². The van der Waals surface area contributed by atoms with Crippen LogP contribution in [0.5, 0.6) is 0 Å². The predicted octanol–water partition coefficient (Wildman–Crippen LogP) is 2.22. The van der Waals surface area contributed by atoms with Crippen LogP contribution < -0.4 is 10.9 Å². The number of carbonyl (C=O) groups is 1. The van der Waals surface area contributed by atoms with Crippen molar-refractivity contribution in [2.24, 2.45) is 5.92 Å². The Balaban J connectivity index is 1.87. The minimum atomic E-state index is -0.476. The van der Waals surface area contributed by atoms with Crippen LogP contribution in [0.1, 0.15) is 45.5 Å². The van der Waals surface area contributed by atoms with Crippen molar-refractivity contribution in [1.29, 1.82) is 0 Å². The van der Waals surface area contributed by atoms with Crippen LogP contribution in [0, 0.1) is 19.8 Å². The molecule has 1 atom stereocenters. The summed E-state index contributed by atoms with van der Waals surface area (Å²) < 4.78 is 0. The maximum Gasteiger partial charge on any atom is 0.277 e. The second kappa shape index (κ2) is 5.64. The number of H-pyrrole nitrogens is 1. The molecule has 0 spiro atoms. The molecule has 2 aromatic heterocycles. The van der Waals surface area contributed by atoms with Crippen molar-refractivity contribution in [3.8, 4) is 0 Å². The molecule has 0 radical (unpaired) electrons. The largest absolute Gasteiger partial charge is 0.298 e. The topological polar surface area (TPSA) is 87.7 Å². The van der Waals surface area contributed by atoms with Crippen LogP contribution in [-0.2, 0) is 12.8 Å². The Morgan fingerprint density at radius 2 is 2.18 bits per heavy atom. The van der Waals surface area contributed by atoms with Gasteiger partial charge >= 0.3 is 0 Å². The molecule has 1 amide bonds. The van der Waals surface area contributed by atoms with Gasteiger partial charge in [-0.15, -0.1) is 11.3 Å². The van der Waals surface area contributed by atoms with E-state index in [0.29, 0.717) is 22.3 Å². The number of fused-ring (bicyclic) bond motifs is 1. The van der Waals surface area contributed by atoms with E-state index in [4.69, 9.17) is 0 Å². The molecular formula is C15H18N4O2S. The molecule has 0 aliphatic heterocycles. The summed E-state index contributed by atoms with van der Waals surface area (Å²) in [5.41, 5.74) is 1.94. The zero-order chi connectivity index (χ0) is 15.9. The third-order valence-corrected chi connectivity index (χ3v) is 5.14. The van der Waals surface area contributed by atoms with Gasteiger partial charge < -0.3 is 0 Å². The van der Waals surface area contributed by atoms with Crippen LogP contribution in [0.3, 0.4) is 0 Å². The monoisotopic (exact) mass is 318 g/mol. The van der Waals surface area contributed by atoms with Gasteiger partial charge in [0.2, 0.25) is 0 Å². The molecule has 116 valence electrons. The minimum Gasteiger partial charge on any atom is -0.298 e. The molecule has 0 aromatic carbocycles. The molecule has 3 rings (SSSR count). The summed E-state index contributed by atoms with van der Waals surface area (Å²) in [7, 11) is 0. The number of aromatic nitrogens is 3. The summed E-state index contributed by atoms with van der Waals surface area (Å²) in [6.07, 6.45) is 3.10. The Labute approximate surface area is 132 Å². The molecule has 0 saturated carbocycles. The van der Waals surface area contributed by atoms with Crippen molar-refractivity contribution in [2.45, 2.75) is 40.0 Å². The summed E-state index contributed by atoms with van der Waals surface area (Å²) in [6, 6.07) is 0. The summed E-state index contributed by atoms with van der Waals surface area (Å²) in [6.45, 7) is 5.70. The molecule has 7 heteroatoms. The number of nitrogens with one attached hydrogen (secondary N) is 2. The van der Waals surface area contributed by atoms with Crippen molar-refractivity contribution in [3.05, 3.63) is 37.7 Å². The van der Waals surface area contributed by atoms with Gasteiger partial charge in [0.15, 0.2) is 5.13 Å². The van der Waals surface area contributed by atoms with Gasteiger partial charge in [0.05, 0.1) is 11.4 Å². The lowest BCUT2D eigenvalue weighted by Crippen LogP contribution is -2.26. The smallest absolute Gasteiger partial charge is 0.277 e. The molecule has 2 N–H and O–H groups in total. The van der Waals surface area contributed by atoms with E-state index in [0.717, 1.165) is 25.0 Å². The van der Waals surface area contributed by atoms with E-state index in [9.17, 15) is 9.59 Å². The van der Waals surface area contributed by atoms with Crippen LogP contribution in [0.4, 0.5) is 5.13 Å². The quantitative estimate of drug-likeness (QED) is 0.888. The van der Waals surface area contributed by atoms with E-state index in [-0.39, 0.29) is 5.56 Å². The minimum absolute atomic E-state index is 0.106. The molecule has 1 aliphatic rings. The van der Waals surface area contributed by atoms with Gasteiger partial charge in [0.1, 0.15) is 5.56 Å². The van der Waals surface area contributed by atoms with E-state index >= 15 is 0 Å². The number of nitrogens with zero attached hydrogens (tertiary/aromatic N) is 2. The first-order valence-electron chi connectivity index (χ1n) is 7.31. The fourth-order valence-electron chi connectivity index (χ4n) is 2.65. The SMILES string of the molecule is Cc1n[nH]c(=O)c(C(=O)Nc2nc3c(s2)C[C@H](C)CC3)c1C. The second-order valence-corrected chi connectivity index (χ2v) is 6.91. The molecule has 22 heavy (non-hydrogen) atoms. The number of anilines is 1. The number of carbonyl (C=O) groups excluding carboxylic acids is 1. The highest BCUT2D eigenvalue weighted by Gasteiger charge is 2.22. The molecular weight excluding hydrogens is 300 g/mol. The number of rotatable bonds is 2. The van der Waals surface area contributed by atoms with Gasteiger partial charge in [0.25, 0.3) is 11.5 Å². The highest BCUT2D eigenvalue weighted by atomic mass is 32.1. The van der Waals surface area contributed by atoms with Crippen LogP contribution in [0.25, 0.3) is 0 Å². The lowest BCUT2D eigenvalue weighted by molar-refractivity contribution is 0.102. The molecule has 0 saturated heterocycles. The number of hydrogen-bond acceptors (Lipinski definition) is 5. The summed E-state index contributed by atoms with van der Waals surface area (Å²) in [5, 5.41) is 9.53. The fraction of sp³-hybridized carbons (Fsp3) is 0.467. The number of hydrogen-bond donors (Lipinski definition) is 2. The van der Waals surface area contributed by atoms with E-state index in [2.05, 4.69) is 27.4 Å². The van der Waals surface area contributed by atoms with Crippen molar-refractivity contribution in [1.82, 2.24) is 15.2 Å². The number of aromatic amines is 1. The zero-order valence-electron chi connectivity index (χ0n) is 12.8. The average Bonchev–Trinajstić information content (AvgIpc) is 2.84. The normalized spacial score (nSPS) is 17.1. The van der Waals surface area contributed by atoms with Gasteiger partial charge in [0, 0.05) is 4.88 Å². The van der Waals surface area contributed by atoms with E-state index in [1.807, 2.05) is 0 Å². The maximum atomic E-state index is 12.4. The van der Waals surface area contributed by atoms with Crippen LogP contribution in [-0.4, -0.2) is 21.1 Å². The standard InChI is InChI=1S/C15H18N4O2S/c1-7-4-5-10-11(6-7)22-15(16-10)17-13(20)12-8(2)9(3)18-19-14(12)21/h7H,4-6H2,1-3H3,(H,19,21)(H,16,17,20)/t7-/m1/s1. The number of amides is 1. The highest BCUT2D eigenvalue weighted by Crippen LogP contribution is 2.32. The molecule has 2 aromatic rings. The lowest BCUT2D eigenvalue weighted by atomic mass is 9.93. The van der Waals surface area contributed by atoms with Crippen molar-refractivity contribution < 1.29 is 4.79 Å². The molecule has 0 bridgehead atoms. The molecule has 6 nitrogen and oxygen atoms in total. The first-order valence-corrected chi connectivity index (χ1v) is 8.13. The molecule has 2 heterocycles. The van der Waals surface area contributed by atoms with Gasteiger partial charge in [-0.1, -0.05) is 6.92 Å². The summed E-state index contributed by atoms with van der Waals surface area (Å²) in [4.78, 5) is 30.0. The second-order valence-electron chi connectivity index (χ2n) is 5.83. The fourth-order valence-corrected chi connectivity index (χ4v) is 3.82. The van der Waals surface area contributed by atoms with E-state index in [1.54, 1.807) is 13.8 Å². The summed E-state index contributed by atoms with van der Waals surface area (Å²) >= 11 is 1.51. The first kappa shape index (κ1) is 14.9. The number of thiazole rings is 1. The Kier molecular flexibility index (Phi) is 3.82. The van der Waals surface area contributed by atoms with Crippen LogP contribution in [0.2, 0.25) is 0 Å². The Morgan fingerprint density at radius 3 is 2.95 bits per heavy atom. The first-order chi connectivity index (χ1) is 10.5. The van der Waals surface area contributed by atoms with Crippen LogP contribution >= 0.6 is 11.3 Å². The highest BCUT2D eigenvalue weighted by molar-refractivity contribution is 7.15. The lowest BCUT2D eigenvalue weighted by Gasteiger charge is -2.15. The van der Waals surface area contributed by atoms with Crippen molar-refractivity contribution >= 4 is 22.4 Å². The predicted molar refractivity (Wildman–Crippen MR) is 85.6 cm³/mol. The zero-order valence-corrected chi connectivity index (χ0v) is 13.6. The Hall–Kier alpha value is -2.02. The van der Waals surface area contributed by atoms with Gasteiger partial charge in [-0.25, -0.2) is 10.1 Å². The molecule has 0 fully saturated rings. The van der Waals surface area contributed by atoms with Gasteiger partial charge in [-0.05, 0) is 44.6 Å². The number of aryl methyl sites for hydroxylation is 2. The van der Waals surface area contributed by atoms with Gasteiger partial charge in [-0.3, -0.25) is 14.9 Å². The van der Waals surface area contributed by atoms with Crippen molar-refractivity contribution in [3.63, 3.8) is 0 Å². The van der Waals surface area contributed by atoms with Crippen LogP contribution in [0.15, 0.2) is 4.79 Å². The Morgan fingerprint density at radius 1 is 1.41 bits per heavy atom. The summed E-state index contributed by atoms with van der Waals surface area (Å²) in [5.74, 6) is 0.229. The van der Waals surface area contributed by atoms with Crippen molar-refractivity contribution in [2.75, 3.05) is 5.32 Å². The third-order valence-electron chi connectivity index (χ3n) is 4.10. The average molecular weight is 318 g/mol. The molecule has 0 unspecified atom stereocenters. The molecule has 1 aliphatic carbocycles. The van der Waals surface area contributed by atoms with E-state index < -0.39 is 11.5 Å². The Bertz CT molecular complexity index is 793.